The molecule has 0 spiro atoms. The van der Waals surface area contributed by atoms with Gasteiger partial charge in [-0.25, -0.2) is 0 Å². The van der Waals surface area contributed by atoms with Gasteiger partial charge in [-0.3, -0.25) is 14.4 Å². The number of anilines is 2. The van der Waals surface area contributed by atoms with Crippen LogP contribution in [0.5, 0.6) is 0 Å². The van der Waals surface area contributed by atoms with Crippen molar-refractivity contribution in [2.45, 2.75) is 40.5 Å². The van der Waals surface area contributed by atoms with E-state index in [1.807, 2.05) is 20.8 Å². The van der Waals surface area contributed by atoms with Crippen LogP contribution in [-0.4, -0.2) is 35.7 Å². The third kappa shape index (κ3) is 5.31. The fourth-order valence-electron chi connectivity index (χ4n) is 2.71. The molecule has 1 aromatic rings. The monoisotopic (exact) mass is 345 g/mol. The number of amides is 3. The first-order valence-corrected chi connectivity index (χ1v) is 8.64. The van der Waals surface area contributed by atoms with E-state index in [0.29, 0.717) is 24.5 Å². The fourth-order valence-corrected chi connectivity index (χ4v) is 2.71. The Morgan fingerprint density at radius 2 is 1.76 bits per heavy atom. The van der Waals surface area contributed by atoms with Crippen molar-refractivity contribution in [3.8, 4) is 0 Å². The molecule has 2 N–H and O–H groups in total. The molecule has 1 aromatic carbocycles. The Bertz CT molecular complexity index is 664. The number of hydrogen-bond donors (Lipinski definition) is 2. The van der Waals surface area contributed by atoms with Crippen molar-refractivity contribution in [3.05, 3.63) is 24.3 Å². The van der Waals surface area contributed by atoms with Crippen molar-refractivity contribution in [3.63, 3.8) is 0 Å². The van der Waals surface area contributed by atoms with Gasteiger partial charge in [0.2, 0.25) is 17.7 Å². The van der Waals surface area contributed by atoms with Crippen LogP contribution in [0.3, 0.4) is 0 Å². The molecule has 3 amide bonds. The summed E-state index contributed by atoms with van der Waals surface area (Å²) in [6, 6.07) is 7.11. The van der Waals surface area contributed by atoms with Crippen LogP contribution in [0, 0.1) is 11.3 Å². The van der Waals surface area contributed by atoms with Gasteiger partial charge in [0, 0.05) is 36.8 Å². The zero-order chi connectivity index (χ0) is 18.6. The molecule has 0 aromatic heterocycles. The summed E-state index contributed by atoms with van der Waals surface area (Å²) in [4.78, 5) is 37.8. The lowest BCUT2D eigenvalue weighted by Crippen LogP contribution is -2.42. The summed E-state index contributed by atoms with van der Waals surface area (Å²) in [6.45, 7) is 8.24. The average molecular weight is 345 g/mol. The Morgan fingerprint density at radius 3 is 2.36 bits per heavy atom. The van der Waals surface area contributed by atoms with Crippen molar-refractivity contribution in [2.75, 3.05) is 23.7 Å². The van der Waals surface area contributed by atoms with Crippen molar-refractivity contribution in [2.24, 2.45) is 11.3 Å². The average Bonchev–Trinajstić information content (AvgIpc) is 2.54. The zero-order valence-electron chi connectivity index (χ0n) is 15.4. The van der Waals surface area contributed by atoms with Gasteiger partial charge in [-0.1, -0.05) is 26.8 Å². The van der Waals surface area contributed by atoms with Crippen LogP contribution in [0.4, 0.5) is 11.4 Å². The van der Waals surface area contributed by atoms with E-state index in [2.05, 4.69) is 10.6 Å². The summed E-state index contributed by atoms with van der Waals surface area (Å²) in [5.41, 5.74) is 0.792. The van der Waals surface area contributed by atoms with E-state index in [4.69, 9.17) is 0 Å². The van der Waals surface area contributed by atoms with E-state index < -0.39 is 5.41 Å². The van der Waals surface area contributed by atoms with Crippen LogP contribution >= 0.6 is 0 Å². The second kappa shape index (κ2) is 7.68. The Labute approximate surface area is 149 Å². The number of rotatable bonds is 3. The maximum atomic E-state index is 12.5. The predicted molar refractivity (Wildman–Crippen MR) is 98.1 cm³/mol. The number of nitrogens with zero attached hydrogens (tertiary/aromatic N) is 1. The Hall–Kier alpha value is -2.37. The van der Waals surface area contributed by atoms with Crippen LogP contribution in [0.25, 0.3) is 0 Å². The minimum atomic E-state index is -0.489. The normalized spacial score (nSPS) is 17.8. The largest absolute Gasteiger partial charge is 0.342 e. The molecule has 0 unspecified atom stereocenters. The molecule has 1 heterocycles. The Kier molecular flexibility index (Phi) is 5.82. The van der Waals surface area contributed by atoms with E-state index in [1.54, 1.807) is 29.2 Å². The lowest BCUT2D eigenvalue weighted by Gasteiger charge is -2.31. The molecule has 0 aliphatic carbocycles. The minimum absolute atomic E-state index is 0.00406. The number of piperidine rings is 1. The van der Waals surface area contributed by atoms with Crippen LogP contribution in [-0.2, 0) is 14.4 Å². The SMILES string of the molecule is CC(=O)N1CCC[C@H](C(=O)Nc2cccc(NC(=O)C(C)(C)C)c2)C1. The van der Waals surface area contributed by atoms with Gasteiger partial charge in [0.25, 0.3) is 0 Å². The smallest absolute Gasteiger partial charge is 0.229 e. The zero-order valence-corrected chi connectivity index (χ0v) is 15.4. The third-order valence-electron chi connectivity index (χ3n) is 4.31. The first kappa shape index (κ1) is 19.0. The molecule has 1 atom stereocenters. The molecule has 1 fully saturated rings. The minimum Gasteiger partial charge on any atom is -0.342 e. The number of likely N-dealkylation sites (tertiary alicyclic amines) is 1. The van der Waals surface area contributed by atoms with Crippen LogP contribution < -0.4 is 10.6 Å². The van der Waals surface area contributed by atoms with Gasteiger partial charge in [0.1, 0.15) is 0 Å². The molecule has 0 bridgehead atoms. The molecule has 25 heavy (non-hydrogen) atoms. The predicted octanol–water partition coefficient (Wildman–Crippen LogP) is 2.87. The number of nitrogens with one attached hydrogen (secondary N) is 2. The summed E-state index contributed by atoms with van der Waals surface area (Å²) < 4.78 is 0. The van der Waals surface area contributed by atoms with E-state index in [-0.39, 0.29) is 23.6 Å². The van der Waals surface area contributed by atoms with E-state index >= 15 is 0 Å². The number of benzene rings is 1. The van der Waals surface area contributed by atoms with Gasteiger partial charge in [0.15, 0.2) is 0 Å². The van der Waals surface area contributed by atoms with Gasteiger partial charge in [-0.05, 0) is 31.0 Å². The van der Waals surface area contributed by atoms with Crippen molar-refractivity contribution >= 4 is 29.1 Å². The molecular weight excluding hydrogens is 318 g/mol. The Balaban J connectivity index is 2.00. The lowest BCUT2D eigenvalue weighted by molar-refractivity contribution is -0.132. The van der Waals surface area contributed by atoms with Gasteiger partial charge >= 0.3 is 0 Å². The number of carbonyl (C=O) groups is 3. The maximum absolute atomic E-state index is 12.5. The molecule has 1 saturated heterocycles. The molecule has 0 saturated carbocycles. The standard InChI is InChI=1S/C19H27N3O3/c1-13(23)22-10-6-7-14(12-22)17(24)20-15-8-5-9-16(11-15)21-18(25)19(2,3)4/h5,8-9,11,14H,6-7,10,12H2,1-4H3,(H,20,24)(H,21,25)/t14-/m0/s1. The van der Waals surface area contributed by atoms with Crippen molar-refractivity contribution in [1.82, 2.24) is 4.90 Å². The van der Waals surface area contributed by atoms with E-state index in [9.17, 15) is 14.4 Å². The second-order valence-electron chi connectivity index (χ2n) is 7.58. The summed E-state index contributed by atoms with van der Waals surface area (Å²) in [6.07, 6.45) is 1.61. The molecule has 6 nitrogen and oxygen atoms in total. The first-order chi connectivity index (χ1) is 11.7. The fraction of sp³-hybridized carbons (Fsp3) is 0.526. The van der Waals surface area contributed by atoms with Gasteiger partial charge in [-0.15, -0.1) is 0 Å². The molecular formula is C19H27N3O3. The summed E-state index contributed by atoms with van der Waals surface area (Å²) in [5, 5.41) is 5.75. The first-order valence-electron chi connectivity index (χ1n) is 8.64. The lowest BCUT2D eigenvalue weighted by atomic mass is 9.95. The second-order valence-corrected chi connectivity index (χ2v) is 7.58. The molecule has 0 radical (unpaired) electrons. The highest BCUT2D eigenvalue weighted by atomic mass is 16.2. The van der Waals surface area contributed by atoms with Crippen LogP contribution in [0.15, 0.2) is 24.3 Å². The molecule has 1 aliphatic rings. The highest BCUT2D eigenvalue weighted by molar-refractivity contribution is 5.97. The number of hydrogen-bond acceptors (Lipinski definition) is 3. The molecule has 6 heteroatoms. The van der Waals surface area contributed by atoms with Gasteiger partial charge in [-0.2, -0.15) is 0 Å². The topological polar surface area (TPSA) is 78.5 Å². The molecule has 136 valence electrons. The van der Waals surface area contributed by atoms with Crippen molar-refractivity contribution < 1.29 is 14.4 Å². The maximum Gasteiger partial charge on any atom is 0.229 e. The number of carbonyl (C=O) groups excluding carboxylic acids is 3. The summed E-state index contributed by atoms with van der Waals surface area (Å²) in [7, 11) is 0. The highest BCUT2D eigenvalue weighted by Gasteiger charge is 2.27. The van der Waals surface area contributed by atoms with Gasteiger partial charge in [0.05, 0.1) is 5.92 Å². The summed E-state index contributed by atoms with van der Waals surface area (Å²) in [5.74, 6) is -0.375. The Morgan fingerprint density at radius 1 is 1.12 bits per heavy atom. The molecule has 2 rings (SSSR count). The van der Waals surface area contributed by atoms with Crippen molar-refractivity contribution in [1.29, 1.82) is 0 Å². The summed E-state index contributed by atoms with van der Waals surface area (Å²) >= 11 is 0. The van der Waals surface area contributed by atoms with Crippen LogP contribution in [0.2, 0.25) is 0 Å². The van der Waals surface area contributed by atoms with Crippen LogP contribution in [0.1, 0.15) is 40.5 Å². The van der Waals surface area contributed by atoms with Gasteiger partial charge < -0.3 is 15.5 Å². The quantitative estimate of drug-likeness (QED) is 0.884. The molecule has 1 aliphatic heterocycles. The third-order valence-corrected chi connectivity index (χ3v) is 4.31. The van der Waals surface area contributed by atoms with E-state index in [1.165, 1.54) is 6.92 Å². The highest BCUT2D eigenvalue weighted by Crippen LogP contribution is 2.22. The van der Waals surface area contributed by atoms with E-state index in [0.717, 1.165) is 12.8 Å².